The Balaban J connectivity index is 2.52. The van der Waals surface area contributed by atoms with Gasteiger partial charge in [0.1, 0.15) is 6.04 Å². The molecule has 1 fully saturated rings. The van der Waals surface area contributed by atoms with Crippen molar-refractivity contribution in [2.45, 2.75) is 38.5 Å². The maximum Gasteiger partial charge on any atom is 0.323 e. The van der Waals surface area contributed by atoms with E-state index in [1.54, 1.807) is 0 Å². The van der Waals surface area contributed by atoms with Crippen molar-refractivity contribution in [3.8, 4) is 0 Å². The molecule has 1 heterocycles. The Morgan fingerprint density at radius 2 is 2.27 bits per heavy atom. The highest BCUT2D eigenvalue weighted by atomic mass is 32.2. The number of rotatable bonds is 3. The zero-order valence-electron chi connectivity index (χ0n) is 10.1. The number of thioether (sulfide) groups is 1. The van der Waals surface area contributed by atoms with Gasteiger partial charge in [0.15, 0.2) is 0 Å². The standard InChI is InChI=1S/C11H21NO2S/c1-5-14-10(13)9(2)12-6-7-15-11(3,4)8-12/h9H,5-8H2,1-4H3. The molecular weight excluding hydrogens is 210 g/mol. The molecular formula is C11H21NO2S. The number of esters is 1. The molecule has 0 aliphatic carbocycles. The number of hydrogen-bond donors (Lipinski definition) is 0. The Morgan fingerprint density at radius 3 is 2.80 bits per heavy atom. The molecule has 1 atom stereocenters. The maximum absolute atomic E-state index is 11.6. The van der Waals surface area contributed by atoms with Gasteiger partial charge < -0.3 is 4.74 Å². The van der Waals surface area contributed by atoms with Crippen LogP contribution in [0, 0.1) is 0 Å². The second-order valence-electron chi connectivity index (χ2n) is 4.51. The van der Waals surface area contributed by atoms with Crippen LogP contribution < -0.4 is 0 Å². The van der Waals surface area contributed by atoms with Gasteiger partial charge in [-0.2, -0.15) is 11.8 Å². The Bertz CT molecular complexity index is 231. The maximum atomic E-state index is 11.6. The van der Waals surface area contributed by atoms with Crippen molar-refractivity contribution in [3.63, 3.8) is 0 Å². The molecule has 0 amide bonds. The quantitative estimate of drug-likeness (QED) is 0.692. The first-order chi connectivity index (χ1) is 6.96. The number of nitrogens with zero attached hydrogens (tertiary/aromatic N) is 1. The predicted molar refractivity (Wildman–Crippen MR) is 64.2 cm³/mol. The van der Waals surface area contributed by atoms with Crippen molar-refractivity contribution in [2.75, 3.05) is 25.4 Å². The van der Waals surface area contributed by atoms with Crippen molar-refractivity contribution in [1.82, 2.24) is 4.90 Å². The molecule has 0 bridgehead atoms. The third-order valence-electron chi connectivity index (χ3n) is 2.63. The molecule has 0 aromatic heterocycles. The predicted octanol–water partition coefficient (Wildman–Crippen LogP) is 1.77. The summed E-state index contributed by atoms with van der Waals surface area (Å²) in [6.07, 6.45) is 0. The fraction of sp³-hybridized carbons (Fsp3) is 0.909. The monoisotopic (exact) mass is 231 g/mol. The van der Waals surface area contributed by atoms with Crippen LogP contribution in [-0.2, 0) is 9.53 Å². The minimum absolute atomic E-state index is 0.0970. The van der Waals surface area contributed by atoms with Crippen molar-refractivity contribution >= 4 is 17.7 Å². The molecule has 4 heteroatoms. The van der Waals surface area contributed by atoms with Crippen LogP contribution in [0.1, 0.15) is 27.7 Å². The summed E-state index contributed by atoms with van der Waals surface area (Å²) >= 11 is 1.97. The molecule has 0 N–H and O–H groups in total. The summed E-state index contributed by atoms with van der Waals surface area (Å²) in [5.41, 5.74) is 0. The largest absolute Gasteiger partial charge is 0.465 e. The zero-order chi connectivity index (χ0) is 11.5. The lowest BCUT2D eigenvalue weighted by Gasteiger charge is -2.39. The normalized spacial score (nSPS) is 23.5. The van der Waals surface area contributed by atoms with Crippen LogP contribution in [0.5, 0.6) is 0 Å². The molecule has 1 rings (SSSR count). The molecule has 0 aromatic carbocycles. The molecule has 0 spiro atoms. The van der Waals surface area contributed by atoms with E-state index in [-0.39, 0.29) is 16.8 Å². The fourth-order valence-electron chi connectivity index (χ4n) is 1.80. The van der Waals surface area contributed by atoms with E-state index in [0.717, 1.165) is 18.8 Å². The van der Waals surface area contributed by atoms with E-state index in [9.17, 15) is 4.79 Å². The van der Waals surface area contributed by atoms with E-state index >= 15 is 0 Å². The minimum atomic E-state index is -0.106. The van der Waals surface area contributed by atoms with Crippen LogP contribution in [0.15, 0.2) is 0 Å². The molecule has 0 radical (unpaired) electrons. The van der Waals surface area contributed by atoms with E-state index < -0.39 is 0 Å². The van der Waals surface area contributed by atoms with Gasteiger partial charge in [-0.25, -0.2) is 0 Å². The van der Waals surface area contributed by atoms with Gasteiger partial charge in [0.25, 0.3) is 0 Å². The van der Waals surface area contributed by atoms with E-state index in [2.05, 4.69) is 18.7 Å². The van der Waals surface area contributed by atoms with Crippen LogP contribution in [0.25, 0.3) is 0 Å². The highest BCUT2D eigenvalue weighted by Crippen LogP contribution is 2.30. The van der Waals surface area contributed by atoms with Gasteiger partial charge in [0.05, 0.1) is 6.61 Å². The van der Waals surface area contributed by atoms with Crippen LogP contribution in [-0.4, -0.2) is 47.1 Å². The number of hydrogen-bond acceptors (Lipinski definition) is 4. The number of ether oxygens (including phenoxy) is 1. The van der Waals surface area contributed by atoms with Crippen molar-refractivity contribution < 1.29 is 9.53 Å². The topological polar surface area (TPSA) is 29.5 Å². The van der Waals surface area contributed by atoms with Crippen LogP contribution in [0.2, 0.25) is 0 Å². The van der Waals surface area contributed by atoms with E-state index in [1.807, 2.05) is 25.6 Å². The summed E-state index contributed by atoms with van der Waals surface area (Å²) < 4.78 is 5.29. The summed E-state index contributed by atoms with van der Waals surface area (Å²) in [5.74, 6) is 0.997. The average molecular weight is 231 g/mol. The van der Waals surface area contributed by atoms with Gasteiger partial charge in [0.2, 0.25) is 0 Å². The highest BCUT2D eigenvalue weighted by molar-refractivity contribution is 8.00. The van der Waals surface area contributed by atoms with E-state index in [4.69, 9.17) is 4.74 Å². The molecule has 3 nitrogen and oxygen atoms in total. The molecule has 0 saturated carbocycles. The van der Waals surface area contributed by atoms with Crippen molar-refractivity contribution in [2.24, 2.45) is 0 Å². The van der Waals surface area contributed by atoms with Crippen molar-refractivity contribution in [3.05, 3.63) is 0 Å². The van der Waals surface area contributed by atoms with Gasteiger partial charge in [0, 0.05) is 23.6 Å². The highest BCUT2D eigenvalue weighted by Gasteiger charge is 2.32. The lowest BCUT2D eigenvalue weighted by atomic mass is 10.1. The van der Waals surface area contributed by atoms with Gasteiger partial charge in [-0.3, -0.25) is 9.69 Å². The second kappa shape index (κ2) is 5.21. The smallest absolute Gasteiger partial charge is 0.323 e. The van der Waals surface area contributed by atoms with Crippen LogP contribution in [0.4, 0.5) is 0 Å². The Kier molecular flexibility index (Phi) is 4.46. The number of carbonyl (C=O) groups is 1. The summed E-state index contributed by atoms with van der Waals surface area (Å²) in [7, 11) is 0. The molecule has 0 aromatic rings. The van der Waals surface area contributed by atoms with Gasteiger partial charge >= 0.3 is 5.97 Å². The number of carbonyl (C=O) groups excluding carboxylic acids is 1. The lowest BCUT2D eigenvalue weighted by Crippen LogP contribution is -2.50. The van der Waals surface area contributed by atoms with Gasteiger partial charge in [-0.05, 0) is 27.7 Å². The Morgan fingerprint density at radius 1 is 1.60 bits per heavy atom. The minimum Gasteiger partial charge on any atom is -0.465 e. The Hall–Kier alpha value is -0.220. The first-order valence-electron chi connectivity index (χ1n) is 5.51. The average Bonchev–Trinajstić information content (AvgIpc) is 2.15. The molecule has 15 heavy (non-hydrogen) atoms. The van der Waals surface area contributed by atoms with Gasteiger partial charge in [-0.1, -0.05) is 0 Å². The van der Waals surface area contributed by atoms with Crippen LogP contribution in [0.3, 0.4) is 0 Å². The Labute approximate surface area is 96.5 Å². The van der Waals surface area contributed by atoms with E-state index in [1.165, 1.54) is 0 Å². The third-order valence-corrected chi connectivity index (χ3v) is 3.93. The molecule has 1 aliphatic rings. The lowest BCUT2D eigenvalue weighted by molar-refractivity contribution is -0.148. The van der Waals surface area contributed by atoms with Gasteiger partial charge in [-0.15, -0.1) is 0 Å². The zero-order valence-corrected chi connectivity index (χ0v) is 10.9. The summed E-state index contributed by atoms with van der Waals surface area (Å²) in [4.78, 5) is 13.8. The molecule has 88 valence electrons. The first kappa shape index (κ1) is 12.8. The fourth-order valence-corrected chi connectivity index (χ4v) is 2.93. The summed E-state index contributed by atoms with van der Waals surface area (Å²) in [5, 5.41) is 0. The molecule has 1 unspecified atom stereocenters. The molecule has 1 saturated heterocycles. The third kappa shape index (κ3) is 3.68. The summed E-state index contributed by atoms with van der Waals surface area (Å²) in [6, 6.07) is -0.106. The SMILES string of the molecule is CCOC(=O)C(C)N1CCSC(C)(C)C1. The first-order valence-corrected chi connectivity index (χ1v) is 6.49. The van der Waals surface area contributed by atoms with Crippen molar-refractivity contribution in [1.29, 1.82) is 0 Å². The second-order valence-corrected chi connectivity index (χ2v) is 6.31. The molecule has 1 aliphatic heterocycles. The summed E-state index contributed by atoms with van der Waals surface area (Å²) in [6.45, 7) is 10.6. The van der Waals surface area contributed by atoms with Crippen LogP contribution >= 0.6 is 11.8 Å². The van der Waals surface area contributed by atoms with E-state index in [0.29, 0.717) is 6.61 Å².